The third-order valence-electron chi connectivity index (χ3n) is 7.13. The Bertz CT molecular complexity index is 1240. The van der Waals surface area contributed by atoms with E-state index in [1.807, 2.05) is 6.20 Å². The summed E-state index contributed by atoms with van der Waals surface area (Å²) in [5.41, 5.74) is 4.91. The van der Waals surface area contributed by atoms with Crippen LogP contribution >= 0.6 is 0 Å². The van der Waals surface area contributed by atoms with Crippen molar-refractivity contribution in [2.45, 2.75) is 71.9 Å². The van der Waals surface area contributed by atoms with E-state index < -0.39 is 0 Å². The Hall–Kier alpha value is -3.01. The van der Waals surface area contributed by atoms with Gasteiger partial charge in [0.05, 0.1) is 11.8 Å². The first-order valence-corrected chi connectivity index (χ1v) is 12.6. The van der Waals surface area contributed by atoms with Crippen molar-refractivity contribution in [3.63, 3.8) is 0 Å². The highest BCUT2D eigenvalue weighted by atomic mass is 15.5. The summed E-state index contributed by atoms with van der Waals surface area (Å²) in [5.74, 6) is 1.78. The van der Waals surface area contributed by atoms with E-state index in [4.69, 9.17) is 5.10 Å². The van der Waals surface area contributed by atoms with Gasteiger partial charge in [-0.3, -0.25) is 0 Å². The van der Waals surface area contributed by atoms with E-state index in [9.17, 15) is 0 Å². The van der Waals surface area contributed by atoms with Gasteiger partial charge in [-0.15, -0.1) is 0 Å². The summed E-state index contributed by atoms with van der Waals surface area (Å²) in [4.78, 5) is 3.39. The van der Waals surface area contributed by atoms with Crippen molar-refractivity contribution in [2.75, 3.05) is 5.01 Å². The molecular weight excluding hydrogens is 404 g/mol. The lowest BCUT2D eigenvalue weighted by Crippen LogP contribution is -2.33. The van der Waals surface area contributed by atoms with E-state index in [2.05, 4.69) is 89.9 Å². The Balaban J connectivity index is 1.55. The molecule has 0 radical (unpaired) electrons. The lowest BCUT2D eigenvalue weighted by Gasteiger charge is -2.31. The predicted octanol–water partition coefficient (Wildman–Crippen LogP) is 7.73. The molecule has 0 spiro atoms. The van der Waals surface area contributed by atoms with Crippen LogP contribution in [0.15, 0.2) is 65.9 Å². The van der Waals surface area contributed by atoms with Crippen LogP contribution in [-0.4, -0.2) is 21.3 Å². The number of nitrogens with zero attached hydrogens (tertiary/aromatic N) is 3. The van der Waals surface area contributed by atoms with E-state index >= 15 is 0 Å². The molecular formula is C29H36N4. The van der Waals surface area contributed by atoms with Crippen LogP contribution in [0.4, 0.5) is 5.82 Å². The van der Waals surface area contributed by atoms with Crippen LogP contribution in [0.25, 0.3) is 21.8 Å². The molecule has 2 aromatic heterocycles. The predicted molar refractivity (Wildman–Crippen MR) is 141 cm³/mol. The molecule has 1 aliphatic rings. The van der Waals surface area contributed by atoms with Gasteiger partial charge in [0.15, 0.2) is 0 Å². The molecule has 1 fully saturated rings. The average Bonchev–Trinajstić information content (AvgIpc) is 3.48. The molecule has 2 aromatic carbocycles. The highest BCUT2D eigenvalue weighted by molar-refractivity contribution is 6.11. The molecule has 0 unspecified atom stereocenters. The number of hydrogen-bond donors (Lipinski definition) is 1. The summed E-state index contributed by atoms with van der Waals surface area (Å²) in [5, 5.41) is 10.1. The topological polar surface area (TPSA) is 36.3 Å². The maximum atomic E-state index is 5.18. The third-order valence-corrected chi connectivity index (χ3v) is 7.13. The van der Waals surface area contributed by atoms with Gasteiger partial charge in [0.25, 0.3) is 0 Å². The molecule has 0 bridgehead atoms. The first-order valence-electron chi connectivity index (χ1n) is 12.6. The molecule has 33 heavy (non-hydrogen) atoms. The van der Waals surface area contributed by atoms with E-state index in [0.717, 1.165) is 18.1 Å². The van der Waals surface area contributed by atoms with Crippen molar-refractivity contribution in [2.24, 2.45) is 11.0 Å². The Morgan fingerprint density at radius 3 is 2.55 bits per heavy atom. The van der Waals surface area contributed by atoms with E-state index in [0.29, 0.717) is 12.0 Å². The van der Waals surface area contributed by atoms with Crippen LogP contribution < -0.4 is 5.01 Å². The van der Waals surface area contributed by atoms with Gasteiger partial charge in [0.2, 0.25) is 0 Å². The van der Waals surface area contributed by atoms with Crippen molar-refractivity contribution in [3.05, 3.63) is 66.4 Å². The molecule has 1 aliphatic carbocycles. The molecule has 4 nitrogen and oxygen atoms in total. The number of rotatable bonds is 7. The minimum absolute atomic E-state index is 0.467. The fourth-order valence-corrected chi connectivity index (χ4v) is 5.25. The van der Waals surface area contributed by atoms with Gasteiger partial charge in [0.1, 0.15) is 5.82 Å². The first-order chi connectivity index (χ1) is 16.1. The van der Waals surface area contributed by atoms with Gasteiger partial charge in [-0.05, 0) is 68.0 Å². The Morgan fingerprint density at radius 1 is 1.00 bits per heavy atom. The molecule has 0 aliphatic heterocycles. The van der Waals surface area contributed by atoms with Crippen LogP contribution in [0.5, 0.6) is 0 Å². The van der Waals surface area contributed by atoms with E-state index in [1.54, 1.807) is 0 Å². The SMILES string of the molecule is C/C(=N/N(c1ccc[nH]1)C1CCCCC1)c1ccc2c(c1)c1ccccc1n2CCC(C)C. The molecule has 0 amide bonds. The zero-order chi connectivity index (χ0) is 22.8. The molecule has 1 saturated carbocycles. The maximum absolute atomic E-state index is 5.18. The fraction of sp³-hybridized carbons (Fsp3) is 0.414. The quantitative estimate of drug-likeness (QED) is 0.232. The lowest BCUT2D eigenvalue weighted by atomic mass is 9.95. The van der Waals surface area contributed by atoms with Crippen molar-refractivity contribution < 1.29 is 0 Å². The molecule has 4 heteroatoms. The van der Waals surface area contributed by atoms with Crippen LogP contribution in [0, 0.1) is 5.92 Å². The molecule has 1 N–H and O–H groups in total. The van der Waals surface area contributed by atoms with Gasteiger partial charge in [0, 0.05) is 34.5 Å². The van der Waals surface area contributed by atoms with Crippen molar-refractivity contribution in [3.8, 4) is 0 Å². The second kappa shape index (κ2) is 9.46. The summed E-state index contributed by atoms with van der Waals surface area (Å²) in [6.07, 6.45) is 9.51. The van der Waals surface area contributed by atoms with Gasteiger partial charge < -0.3 is 9.55 Å². The number of nitrogens with one attached hydrogen (secondary N) is 1. The summed E-state index contributed by atoms with van der Waals surface area (Å²) in [6.45, 7) is 7.80. The van der Waals surface area contributed by atoms with Crippen LogP contribution in [0.3, 0.4) is 0 Å². The monoisotopic (exact) mass is 440 g/mol. The van der Waals surface area contributed by atoms with Crippen molar-refractivity contribution in [1.82, 2.24) is 9.55 Å². The molecule has 5 rings (SSSR count). The number of fused-ring (bicyclic) bond motifs is 3. The van der Waals surface area contributed by atoms with Gasteiger partial charge >= 0.3 is 0 Å². The zero-order valence-electron chi connectivity index (χ0n) is 20.2. The minimum Gasteiger partial charge on any atom is -0.347 e. The van der Waals surface area contributed by atoms with Crippen molar-refractivity contribution >= 4 is 33.3 Å². The summed E-state index contributed by atoms with van der Waals surface area (Å²) in [6, 6.07) is 20.4. The fourth-order valence-electron chi connectivity index (χ4n) is 5.25. The number of benzene rings is 2. The Kier molecular flexibility index (Phi) is 6.26. The van der Waals surface area contributed by atoms with Gasteiger partial charge in [-0.2, -0.15) is 5.10 Å². The van der Waals surface area contributed by atoms with Gasteiger partial charge in [-0.25, -0.2) is 5.01 Å². The standard InChI is InChI=1S/C29H36N4/c1-21(2)17-19-32-27-13-8-7-12-25(27)26-20-23(15-16-28(26)32)22(3)31-33(29-14-9-18-30-29)24-10-5-4-6-11-24/h7-9,12-16,18,20-21,24,30H,4-6,10-11,17,19H2,1-3H3/b31-22-. The molecule has 2 heterocycles. The summed E-state index contributed by atoms with van der Waals surface area (Å²) >= 11 is 0. The first kappa shape index (κ1) is 21.8. The second-order valence-corrected chi connectivity index (χ2v) is 9.96. The number of aromatic nitrogens is 2. The molecule has 0 saturated heterocycles. The number of para-hydroxylation sites is 1. The average molecular weight is 441 g/mol. The zero-order valence-corrected chi connectivity index (χ0v) is 20.2. The van der Waals surface area contributed by atoms with Crippen LogP contribution in [0.1, 0.15) is 64.9 Å². The number of aryl methyl sites for hydroxylation is 1. The molecule has 172 valence electrons. The maximum Gasteiger partial charge on any atom is 0.126 e. The molecule has 0 atom stereocenters. The van der Waals surface area contributed by atoms with Crippen molar-refractivity contribution in [1.29, 1.82) is 0 Å². The smallest absolute Gasteiger partial charge is 0.126 e. The summed E-state index contributed by atoms with van der Waals surface area (Å²) in [7, 11) is 0. The highest BCUT2D eigenvalue weighted by Gasteiger charge is 2.22. The minimum atomic E-state index is 0.467. The Morgan fingerprint density at radius 2 is 1.79 bits per heavy atom. The number of hydrazone groups is 1. The number of H-pyrrole nitrogens is 1. The Labute approximate surface area is 197 Å². The van der Waals surface area contributed by atoms with E-state index in [-0.39, 0.29) is 0 Å². The lowest BCUT2D eigenvalue weighted by molar-refractivity contribution is 0.417. The second-order valence-electron chi connectivity index (χ2n) is 9.96. The largest absolute Gasteiger partial charge is 0.347 e. The number of aromatic amines is 1. The summed E-state index contributed by atoms with van der Waals surface area (Å²) < 4.78 is 2.49. The van der Waals surface area contributed by atoms with Gasteiger partial charge in [-0.1, -0.05) is 57.4 Å². The third kappa shape index (κ3) is 4.44. The molecule has 4 aromatic rings. The van der Waals surface area contributed by atoms with Crippen LogP contribution in [0.2, 0.25) is 0 Å². The number of hydrogen-bond acceptors (Lipinski definition) is 2. The van der Waals surface area contributed by atoms with Crippen LogP contribution in [-0.2, 0) is 6.54 Å². The van der Waals surface area contributed by atoms with E-state index in [1.165, 1.54) is 65.9 Å². The normalized spacial score (nSPS) is 15.7. The highest BCUT2D eigenvalue weighted by Crippen LogP contribution is 2.31. The number of anilines is 1.